The predicted octanol–water partition coefficient (Wildman–Crippen LogP) is 2.25. The predicted molar refractivity (Wildman–Crippen MR) is 76.4 cm³/mol. The molecule has 3 rings (SSSR count). The minimum atomic E-state index is 0.315. The van der Waals surface area contributed by atoms with Crippen molar-refractivity contribution in [2.75, 3.05) is 5.32 Å². The molecule has 0 bridgehead atoms. The fourth-order valence-electron chi connectivity index (χ4n) is 1.95. The van der Waals surface area contributed by atoms with Gasteiger partial charge in [0.2, 0.25) is 0 Å². The average Bonchev–Trinajstić information content (AvgIpc) is 2.94. The molecule has 3 heterocycles. The summed E-state index contributed by atoms with van der Waals surface area (Å²) in [7, 11) is 0. The number of rotatable bonds is 4. The number of fused-ring (bicyclic) bond motifs is 1. The minimum Gasteiger partial charge on any atom is -0.364 e. The highest BCUT2D eigenvalue weighted by Gasteiger charge is 2.05. The molecule has 3 aromatic heterocycles. The maximum absolute atomic E-state index is 4.49. The number of hydrogen-bond acceptors (Lipinski definition) is 5. The van der Waals surface area contributed by atoms with Crippen LogP contribution in [0.5, 0.6) is 0 Å². The van der Waals surface area contributed by atoms with E-state index in [9.17, 15) is 0 Å². The van der Waals surface area contributed by atoms with Gasteiger partial charge in [0.15, 0.2) is 5.65 Å². The van der Waals surface area contributed by atoms with Crippen LogP contribution in [0.1, 0.15) is 31.3 Å². The molecule has 3 aromatic rings. The van der Waals surface area contributed by atoms with Gasteiger partial charge in [-0.05, 0) is 12.1 Å². The first-order valence-corrected chi connectivity index (χ1v) is 6.58. The van der Waals surface area contributed by atoms with Gasteiger partial charge in [0, 0.05) is 24.4 Å². The zero-order valence-electron chi connectivity index (χ0n) is 11.5. The summed E-state index contributed by atoms with van der Waals surface area (Å²) in [6.45, 7) is 4.79. The van der Waals surface area contributed by atoms with Gasteiger partial charge in [0.05, 0.1) is 18.4 Å². The van der Waals surface area contributed by atoms with Crippen molar-refractivity contribution >= 4 is 11.5 Å². The van der Waals surface area contributed by atoms with Crippen molar-refractivity contribution in [2.24, 2.45) is 0 Å². The molecule has 0 aliphatic heterocycles. The molecule has 102 valence electrons. The molecular weight excluding hydrogens is 252 g/mol. The Morgan fingerprint density at radius 1 is 1.10 bits per heavy atom. The minimum absolute atomic E-state index is 0.315. The highest BCUT2D eigenvalue weighted by molar-refractivity contribution is 5.39. The van der Waals surface area contributed by atoms with Crippen LogP contribution in [0.3, 0.4) is 0 Å². The third-order valence-electron chi connectivity index (χ3n) is 3.01. The lowest BCUT2D eigenvalue weighted by atomic mass is 10.2. The smallest absolute Gasteiger partial charge is 0.155 e. The molecule has 0 fully saturated rings. The van der Waals surface area contributed by atoms with Gasteiger partial charge in [0.25, 0.3) is 0 Å². The Labute approximate surface area is 116 Å². The molecule has 0 aliphatic carbocycles. The second-order valence-electron chi connectivity index (χ2n) is 4.85. The molecule has 0 atom stereocenters. The zero-order chi connectivity index (χ0) is 13.9. The van der Waals surface area contributed by atoms with E-state index in [0.717, 1.165) is 23.0 Å². The van der Waals surface area contributed by atoms with Crippen LogP contribution in [0, 0.1) is 0 Å². The molecule has 20 heavy (non-hydrogen) atoms. The Morgan fingerprint density at radius 3 is 2.80 bits per heavy atom. The average molecular weight is 268 g/mol. The molecule has 0 unspecified atom stereocenters. The number of hydrogen-bond donors (Lipinski definition) is 1. The molecule has 0 aromatic carbocycles. The van der Waals surface area contributed by atoms with Crippen molar-refractivity contribution in [3.8, 4) is 0 Å². The van der Waals surface area contributed by atoms with Gasteiger partial charge >= 0.3 is 0 Å². The van der Waals surface area contributed by atoms with Crippen molar-refractivity contribution in [1.82, 2.24) is 24.6 Å². The molecule has 0 radical (unpaired) electrons. The third-order valence-corrected chi connectivity index (χ3v) is 3.01. The van der Waals surface area contributed by atoms with Crippen molar-refractivity contribution in [2.45, 2.75) is 26.3 Å². The summed E-state index contributed by atoms with van der Waals surface area (Å²) >= 11 is 0. The Hall–Kier alpha value is -2.50. The first kappa shape index (κ1) is 12.5. The molecule has 0 spiro atoms. The van der Waals surface area contributed by atoms with Crippen LogP contribution < -0.4 is 5.32 Å². The molecule has 0 saturated heterocycles. The summed E-state index contributed by atoms with van der Waals surface area (Å²) in [6, 6.07) is 5.69. The van der Waals surface area contributed by atoms with Gasteiger partial charge < -0.3 is 5.32 Å². The van der Waals surface area contributed by atoms with Crippen LogP contribution in [-0.2, 0) is 6.54 Å². The van der Waals surface area contributed by atoms with E-state index >= 15 is 0 Å². The molecule has 6 nitrogen and oxygen atoms in total. The summed E-state index contributed by atoms with van der Waals surface area (Å²) < 4.78 is 1.82. The van der Waals surface area contributed by atoms with E-state index in [4.69, 9.17) is 0 Å². The molecule has 6 heteroatoms. The topological polar surface area (TPSA) is 68.0 Å². The summed E-state index contributed by atoms with van der Waals surface area (Å²) in [4.78, 5) is 13.0. The van der Waals surface area contributed by atoms with Crippen molar-refractivity contribution in [3.63, 3.8) is 0 Å². The molecular formula is C14H16N6. The fourth-order valence-corrected chi connectivity index (χ4v) is 1.95. The van der Waals surface area contributed by atoms with Crippen LogP contribution in [0.15, 0.2) is 36.8 Å². The number of aromatic nitrogens is 5. The van der Waals surface area contributed by atoms with Gasteiger partial charge in [-0.25, -0.2) is 19.5 Å². The lowest BCUT2D eigenvalue weighted by Gasteiger charge is -2.09. The maximum Gasteiger partial charge on any atom is 0.155 e. The first-order valence-electron chi connectivity index (χ1n) is 6.58. The largest absolute Gasteiger partial charge is 0.364 e. The van der Waals surface area contributed by atoms with E-state index in [1.165, 1.54) is 0 Å². The molecule has 0 saturated carbocycles. The summed E-state index contributed by atoms with van der Waals surface area (Å²) in [5.74, 6) is 1.98. The summed E-state index contributed by atoms with van der Waals surface area (Å²) in [5, 5.41) is 7.56. The van der Waals surface area contributed by atoms with Gasteiger partial charge in [-0.3, -0.25) is 0 Å². The van der Waals surface area contributed by atoms with Crippen LogP contribution in [-0.4, -0.2) is 24.6 Å². The lowest BCUT2D eigenvalue weighted by Crippen LogP contribution is -2.08. The Balaban J connectivity index is 1.79. The van der Waals surface area contributed by atoms with Gasteiger partial charge in [-0.1, -0.05) is 13.8 Å². The van der Waals surface area contributed by atoms with Gasteiger partial charge in [0.1, 0.15) is 11.6 Å². The molecule has 0 amide bonds. The monoisotopic (exact) mass is 268 g/mol. The van der Waals surface area contributed by atoms with E-state index in [1.54, 1.807) is 18.6 Å². The van der Waals surface area contributed by atoms with E-state index in [1.807, 2.05) is 22.7 Å². The van der Waals surface area contributed by atoms with Gasteiger partial charge in [-0.2, -0.15) is 5.10 Å². The van der Waals surface area contributed by atoms with E-state index < -0.39 is 0 Å². The standard InChI is InChI=1S/C14H16N6/c1-10(2)14-16-7-4-12(19-14)17-9-11-3-6-15-13-5-8-18-20(11)13/h3-8,10H,9H2,1-2H3,(H,16,17,19). The third kappa shape index (κ3) is 2.45. The SMILES string of the molecule is CC(C)c1nccc(NCc2ccnc3ccnn23)n1. The van der Waals surface area contributed by atoms with Crippen LogP contribution in [0.25, 0.3) is 5.65 Å². The maximum atomic E-state index is 4.49. The van der Waals surface area contributed by atoms with E-state index in [0.29, 0.717) is 12.5 Å². The van der Waals surface area contributed by atoms with Crippen LogP contribution in [0.2, 0.25) is 0 Å². The zero-order valence-corrected chi connectivity index (χ0v) is 11.5. The highest BCUT2D eigenvalue weighted by atomic mass is 15.3. The quantitative estimate of drug-likeness (QED) is 0.786. The normalized spacial score (nSPS) is 11.2. The first-order chi connectivity index (χ1) is 9.74. The van der Waals surface area contributed by atoms with Crippen molar-refractivity contribution in [1.29, 1.82) is 0 Å². The number of nitrogens with one attached hydrogen (secondary N) is 1. The Morgan fingerprint density at radius 2 is 1.95 bits per heavy atom. The van der Waals surface area contributed by atoms with Crippen LogP contribution >= 0.6 is 0 Å². The Bertz CT molecular complexity index is 718. The number of anilines is 1. The number of nitrogens with zero attached hydrogens (tertiary/aromatic N) is 5. The lowest BCUT2D eigenvalue weighted by molar-refractivity contribution is 0.772. The molecule has 0 aliphatic rings. The van der Waals surface area contributed by atoms with E-state index in [2.05, 4.69) is 39.2 Å². The fraction of sp³-hybridized carbons (Fsp3) is 0.286. The summed E-state index contributed by atoms with van der Waals surface area (Å²) in [6.07, 6.45) is 5.31. The molecule has 1 N–H and O–H groups in total. The van der Waals surface area contributed by atoms with Crippen molar-refractivity contribution in [3.05, 3.63) is 48.3 Å². The van der Waals surface area contributed by atoms with E-state index in [-0.39, 0.29) is 0 Å². The highest BCUT2D eigenvalue weighted by Crippen LogP contribution is 2.12. The summed E-state index contributed by atoms with van der Waals surface area (Å²) in [5.41, 5.74) is 1.87. The second kappa shape index (κ2) is 5.24. The van der Waals surface area contributed by atoms with Crippen LogP contribution in [0.4, 0.5) is 5.82 Å². The van der Waals surface area contributed by atoms with Crippen molar-refractivity contribution < 1.29 is 0 Å². The van der Waals surface area contributed by atoms with Gasteiger partial charge in [-0.15, -0.1) is 0 Å². The Kier molecular flexibility index (Phi) is 3.28. The second-order valence-corrected chi connectivity index (χ2v) is 4.85.